The van der Waals surface area contributed by atoms with Gasteiger partial charge in [0.15, 0.2) is 10.4 Å². The topological polar surface area (TPSA) is 45.5 Å². The van der Waals surface area contributed by atoms with Gasteiger partial charge in [-0.25, -0.2) is 0 Å². The van der Waals surface area contributed by atoms with Crippen molar-refractivity contribution in [1.82, 2.24) is 10.2 Å². The Hall–Kier alpha value is -0.810. The van der Waals surface area contributed by atoms with Crippen LogP contribution in [0.4, 0.5) is 0 Å². The lowest BCUT2D eigenvalue weighted by atomic mass is 10.4. The summed E-state index contributed by atoms with van der Waals surface area (Å²) < 4.78 is 5.72. The smallest absolute Gasteiger partial charge is 0.287 e. The van der Waals surface area contributed by atoms with Crippen LogP contribution in [0.15, 0.2) is 21.2 Å². The second kappa shape index (κ2) is 6.70. The largest absolute Gasteiger partial charge is 0.444 e. The van der Waals surface area contributed by atoms with Gasteiger partial charge in [0.2, 0.25) is 0 Å². The minimum Gasteiger partial charge on any atom is -0.444 e. The summed E-state index contributed by atoms with van der Waals surface area (Å²) in [5.74, 6) is 0.171. The monoisotopic (exact) mass is 288 g/mol. The predicted octanol–water partition coefficient (Wildman–Crippen LogP) is 2.11. The highest BCUT2D eigenvalue weighted by molar-refractivity contribution is 9.10. The summed E-state index contributed by atoms with van der Waals surface area (Å²) in [4.78, 5) is 13.8. The standard InChI is InChI=1S/C11H17BrN2O2/c1-3-14(4-2)8-7-13-11(15)9-5-6-10(12)16-9/h5-6H,3-4,7-8H2,1-2H3,(H,13,15). The van der Waals surface area contributed by atoms with Crippen molar-refractivity contribution in [3.63, 3.8) is 0 Å². The number of rotatable bonds is 6. The molecule has 1 rings (SSSR count). The molecule has 16 heavy (non-hydrogen) atoms. The fourth-order valence-electron chi connectivity index (χ4n) is 1.39. The van der Waals surface area contributed by atoms with E-state index in [1.54, 1.807) is 12.1 Å². The predicted molar refractivity (Wildman–Crippen MR) is 66.5 cm³/mol. The van der Waals surface area contributed by atoms with E-state index in [1.165, 1.54) is 0 Å². The summed E-state index contributed by atoms with van der Waals surface area (Å²) in [6.45, 7) is 7.71. The molecule has 0 saturated heterocycles. The van der Waals surface area contributed by atoms with Gasteiger partial charge in [0.25, 0.3) is 5.91 Å². The SMILES string of the molecule is CCN(CC)CCNC(=O)c1ccc(Br)o1. The van der Waals surface area contributed by atoms with Crippen LogP contribution in [0, 0.1) is 0 Å². The molecule has 90 valence electrons. The van der Waals surface area contributed by atoms with Gasteiger partial charge >= 0.3 is 0 Å². The number of carbonyl (C=O) groups is 1. The molecule has 0 aliphatic rings. The first-order chi connectivity index (χ1) is 7.67. The van der Waals surface area contributed by atoms with Crippen LogP contribution in [-0.2, 0) is 0 Å². The molecule has 1 amide bonds. The molecule has 4 nitrogen and oxygen atoms in total. The quantitative estimate of drug-likeness (QED) is 0.872. The zero-order valence-corrected chi connectivity index (χ0v) is 11.2. The van der Waals surface area contributed by atoms with E-state index in [2.05, 4.69) is 40.0 Å². The van der Waals surface area contributed by atoms with Crippen molar-refractivity contribution in [2.24, 2.45) is 0 Å². The lowest BCUT2D eigenvalue weighted by Crippen LogP contribution is -2.34. The Kier molecular flexibility index (Phi) is 5.55. The molecule has 0 bridgehead atoms. The van der Waals surface area contributed by atoms with E-state index < -0.39 is 0 Å². The van der Waals surface area contributed by atoms with Crippen LogP contribution >= 0.6 is 15.9 Å². The summed E-state index contributed by atoms with van der Waals surface area (Å²) in [5, 5.41) is 2.82. The highest BCUT2D eigenvalue weighted by Gasteiger charge is 2.09. The summed E-state index contributed by atoms with van der Waals surface area (Å²) >= 11 is 3.16. The van der Waals surface area contributed by atoms with Crippen molar-refractivity contribution in [2.45, 2.75) is 13.8 Å². The highest BCUT2D eigenvalue weighted by Crippen LogP contribution is 2.13. The third-order valence-electron chi connectivity index (χ3n) is 2.41. The molecule has 1 heterocycles. The van der Waals surface area contributed by atoms with Crippen LogP contribution in [0.1, 0.15) is 24.4 Å². The molecule has 1 N–H and O–H groups in total. The van der Waals surface area contributed by atoms with Crippen LogP contribution in [-0.4, -0.2) is 37.0 Å². The molecule has 0 aromatic carbocycles. The average molecular weight is 289 g/mol. The number of nitrogens with one attached hydrogen (secondary N) is 1. The summed E-state index contributed by atoms with van der Waals surface area (Å²) in [7, 11) is 0. The fourth-order valence-corrected chi connectivity index (χ4v) is 1.70. The first-order valence-electron chi connectivity index (χ1n) is 5.43. The van der Waals surface area contributed by atoms with Crippen molar-refractivity contribution in [3.8, 4) is 0 Å². The molecule has 0 atom stereocenters. The molecule has 5 heteroatoms. The second-order valence-electron chi connectivity index (χ2n) is 3.39. The van der Waals surface area contributed by atoms with Crippen molar-refractivity contribution in [1.29, 1.82) is 0 Å². The highest BCUT2D eigenvalue weighted by atomic mass is 79.9. The molecular weight excluding hydrogens is 272 g/mol. The molecule has 0 spiro atoms. The maximum Gasteiger partial charge on any atom is 0.287 e. The average Bonchev–Trinajstić information content (AvgIpc) is 2.71. The van der Waals surface area contributed by atoms with E-state index in [0.29, 0.717) is 17.0 Å². The molecule has 0 unspecified atom stereocenters. The van der Waals surface area contributed by atoms with Gasteiger partial charge in [0, 0.05) is 13.1 Å². The van der Waals surface area contributed by atoms with Gasteiger partial charge in [-0.15, -0.1) is 0 Å². The number of likely N-dealkylation sites (N-methyl/N-ethyl adjacent to an activating group) is 1. The molecule has 0 aliphatic heterocycles. The number of nitrogens with zero attached hydrogens (tertiary/aromatic N) is 1. The van der Waals surface area contributed by atoms with Crippen molar-refractivity contribution in [3.05, 3.63) is 22.6 Å². The minimum absolute atomic E-state index is 0.169. The molecule has 0 radical (unpaired) electrons. The number of furan rings is 1. The second-order valence-corrected chi connectivity index (χ2v) is 4.17. The Morgan fingerprint density at radius 3 is 2.62 bits per heavy atom. The van der Waals surface area contributed by atoms with Gasteiger partial charge in [0.1, 0.15) is 0 Å². The van der Waals surface area contributed by atoms with E-state index in [4.69, 9.17) is 4.42 Å². The molecule has 0 fully saturated rings. The zero-order chi connectivity index (χ0) is 12.0. The Morgan fingerprint density at radius 1 is 1.44 bits per heavy atom. The van der Waals surface area contributed by atoms with Gasteiger partial charge < -0.3 is 14.6 Å². The van der Waals surface area contributed by atoms with E-state index in [-0.39, 0.29) is 5.91 Å². The van der Waals surface area contributed by atoms with Crippen LogP contribution in [0.5, 0.6) is 0 Å². The fraction of sp³-hybridized carbons (Fsp3) is 0.545. The van der Waals surface area contributed by atoms with Crippen LogP contribution in [0.25, 0.3) is 0 Å². The van der Waals surface area contributed by atoms with E-state index in [9.17, 15) is 4.79 Å². The zero-order valence-electron chi connectivity index (χ0n) is 9.62. The number of halogens is 1. The van der Waals surface area contributed by atoms with Crippen molar-refractivity contribution >= 4 is 21.8 Å². The van der Waals surface area contributed by atoms with E-state index in [1.807, 2.05) is 0 Å². The van der Waals surface area contributed by atoms with Crippen LogP contribution < -0.4 is 5.32 Å². The van der Waals surface area contributed by atoms with Crippen molar-refractivity contribution in [2.75, 3.05) is 26.2 Å². The summed E-state index contributed by atoms with van der Waals surface area (Å²) in [5.41, 5.74) is 0. The van der Waals surface area contributed by atoms with E-state index in [0.717, 1.165) is 19.6 Å². The van der Waals surface area contributed by atoms with Crippen LogP contribution in [0.3, 0.4) is 0 Å². The first-order valence-corrected chi connectivity index (χ1v) is 6.22. The lowest BCUT2D eigenvalue weighted by molar-refractivity contribution is 0.0920. The number of hydrogen-bond acceptors (Lipinski definition) is 3. The minimum atomic E-state index is -0.169. The van der Waals surface area contributed by atoms with Gasteiger partial charge in [-0.1, -0.05) is 13.8 Å². The first kappa shape index (κ1) is 13.3. The van der Waals surface area contributed by atoms with Gasteiger partial charge in [-0.3, -0.25) is 4.79 Å². The Morgan fingerprint density at radius 2 is 2.12 bits per heavy atom. The Balaban J connectivity index is 2.30. The summed E-state index contributed by atoms with van der Waals surface area (Å²) in [6.07, 6.45) is 0. The number of amides is 1. The number of hydrogen-bond donors (Lipinski definition) is 1. The molecule has 0 aliphatic carbocycles. The molecule has 1 aromatic heterocycles. The third kappa shape index (κ3) is 3.98. The number of carbonyl (C=O) groups excluding carboxylic acids is 1. The van der Waals surface area contributed by atoms with E-state index >= 15 is 0 Å². The van der Waals surface area contributed by atoms with Gasteiger partial charge in [0.05, 0.1) is 0 Å². The Bertz CT molecular complexity index is 334. The van der Waals surface area contributed by atoms with Crippen LogP contribution in [0.2, 0.25) is 0 Å². The lowest BCUT2D eigenvalue weighted by Gasteiger charge is -2.17. The normalized spacial score (nSPS) is 10.8. The Labute approximate surface area is 104 Å². The molecular formula is C11H17BrN2O2. The maximum atomic E-state index is 11.6. The molecule has 1 aromatic rings. The third-order valence-corrected chi connectivity index (χ3v) is 2.83. The van der Waals surface area contributed by atoms with Gasteiger partial charge in [-0.2, -0.15) is 0 Å². The molecule has 0 saturated carbocycles. The summed E-state index contributed by atoms with van der Waals surface area (Å²) in [6, 6.07) is 3.36. The van der Waals surface area contributed by atoms with Crippen molar-refractivity contribution < 1.29 is 9.21 Å². The van der Waals surface area contributed by atoms with Gasteiger partial charge in [-0.05, 0) is 41.2 Å². The maximum absolute atomic E-state index is 11.6.